The summed E-state index contributed by atoms with van der Waals surface area (Å²) in [6, 6.07) is 16.8. The monoisotopic (exact) mass is 383 g/mol. The fourth-order valence-electron chi connectivity index (χ4n) is 2.68. The molecule has 0 radical (unpaired) electrons. The van der Waals surface area contributed by atoms with Crippen LogP contribution in [0.25, 0.3) is 17.4 Å². The summed E-state index contributed by atoms with van der Waals surface area (Å²) in [6.45, 7) is 0. The second kappa shape index (κ2) is 6.84. The molecule has 3 aromatic rings. The van der Waals surface area contributed by atoms with Crippen LogP contribution in [0.2, 0.25) is 0 Å². The third kappa shape index (κ3) is 3.59. The maximum absolute atomic E-state index is 12.9. The first-order chi connectivity index (χ1) is 13.4. The van der Waals surface area contributed by atoms with Crippen LogP contribution in [0.3, 0.4) is 0 Å². The van der Waals surface area contributed by atoms with Gasteiger partial charge in [0.2, 0.25) is 5.90 Å². The Labute approximate surface area is 157 Å². The minimum atomic E-state index is -4.44. The lowest BCUT2D eigenvalue weighted by Crippen LogP contribution is -2.04. The molecular formula is C21H12F3NO3. The van der Waals surface area contributed by atoms with E-state index in [2.05, 4.69) is 4.99 Å². The predicted octanol–water partition coefficient (Wildman–Crippen LogP) is 5.31. The molecule has 2 aromatic carbocycles. The van der Waals surface area contributed by atoms with Crippen molar-refractivity contribution >= 4 is 17.9 Å². The largest absolute Gasteiger partial charge is 0.457 e. The van der Waals surface area contributed by atoms with E-state index in [9.17, 15) is 18.0 Å². The van der Waals surface area contributed by atoms with E-state index in [4.69, 9.17) is 9.15 Å². The number of rotatable bonds is 3. The zero-order valence-corrected chi connectivity index (χ0v) is 14.2. The number of esters is 1. The summed E-state index contributed by atoms with van der Waals surface area (Å²) in [6.07, 6.45) is -3.06. The molecule has 0 aliphatic carbocycles. The Kier molecular flexibility index (Phi) is 4.35. The van der Waals surface area contributed by atoms with Gasteiger partial charge in [-0.2, -0.15) is 13.2 Å². The third-order valence-electron chi connectivity index (χ3n) is 4.02. The first kappa shape index (κ1) is 17.8. The molecule has 0 N–H and O–H groups in total. The summed E-state index contributed by atoms with van der Waals surface area (Å²) in [5.41, 5.74) is 0.215. The number of ether oxygens (including phenoxy) is 1. The normalized spacial score (nSPS) is 15.6. The number of hydrogen-bond acceptors (Lipinski definition) is 4. The number of halogens is 3. The predicted molar refractivity (Wildman–Crippen MR) is 96.2 cm³/mol. The standard InChI is InChI=1S/C21H12F3NO3/c22-21(23,24)15-8-4-7-14(11-15)18-10-9-16(27-18)12-17-20(26)28-19(25-17)13-5-2-1-3-6-13/h1-12H/b17-12-. The molecule has 0 saturated carbocycles. The highest BCUT2D eigenvalue weighted by Gasteiger charge is 2.30. The third-order valence-corrected chi connectivity index (χ3v) is 4.02. The first-order valence-electron chi connectivity index (χ1n) is 8.25. The Morgan fingerprint density at radius 1 is 0.893 bits per heavy atom. The van der Waals surface area contributed by atoms with Gasteiger partial charge in [-0.25, -0.2) is 9.79 Å². The van der Waals surface area contributed by atoms with Crippen molar-refractivity contribution in [3.05, 3.63) is 89.3 Å². The number of hydrogen-bond donors (Lipinski definition) is 0. The molecular weight excluding hydrogens is 371 g/mol. The maximum atomic E-state index is 12.9. The SMILES string of the molecule is O=C1OC(c2ccccc2)=N/C1=C\c1ccc(-c2cccc(C(F)(F)F)c2)o1. The minimum absolute atomic E-state index is 0.0452. The van der Waals surface area contributed by atoms with Crippen LogP contribution in [-0.2, 0) is 15.7 Å². The van der Waals surface area contributed by atoms with E-state index in [-0.39, 0.29) is 28.7 Å². The molecule has 4 nitrogen and oxygen atoms in total. The van der Waals surface area contributed by atoms with Crippen molar-refractivity contribution in [2.45, 2.75) is 6.18 Å². The topological polar surface area (TPSA) is 51.8 Å². The van der Waals surface area contributed by atoms with Crippen LogP contribution in [-0.4, -0.2) is 11.9 Å². The molecule has 0 spiro atoms. The number of benzene rings is 2. The molecule has 1 aromatic heterocycles. The highest BCUT2D eigenvalue weighted by Crippen LogP contribution is 2.33. The van der Waals surface area contributed by atoms with Crippen LogP contribution in [0.1, 0.15) is 16.9 Å². The van der Waals surface area contributed by atoms with Gasteiger partial charge < -0.3 is 9.15 Å². The molecule has 4 rings (SSSR count). The Morgan fingerprint density at radius 3 is 2.39 bits per heavy atom. The summed E-state index contributed by atoms with van der Waals surface area (Å²) in [4.78, 5) is 16.2. The van der Waals surface area contributed by atoms with E-state index < -0.39 is 17.7 Å². The minimum Gasteiger partial charge on any atom is -0.457 e. The van der Waals surface area contributed by atoms with Crippen molar-refractivity contribution in [2.24, 2.45) is 4.99 Å². The molecule has 1 aliphatic rings. The van der Waals surface area contributed by atoms with Crippen molar-refractivity contribution in [1.82, 2.24) is 0 Å². The Bertz CT molecular complexity index is 1100. The van der Waals surface area contributed by atoms with Crippen LogP contribution >= 0.6 is 0 Å². The van der Waals surface area contributed by atoms with Gasteiger partial charge >= 0.3 is 12.1 Å². The zero-order chi connectivity index (χ0) is 19.7. The number of carbonyl (C=O) groups excluding carboxylic acids is 1. The van der Waals surface area contributed by atoms with Gasteiger partial charge in [0.25, 0.3) is 0 Å². The van der Waals surface area contributed by atoms with Crippen molar-refractivity contribution in [2.75, 3.05) is 0 Å². The number of cyclic esters (lactones) is 1. The van der Waals surface area contributed by atoms with Gasteiger partial charge in [-0.05, 0) is 36.4 Å². The van der Waals surface area contributed by atoms with Crippen LogP contribution in [0.5, 0.6) is 0 Å². The summed E-state index contributed by atoms with van der Waals surface area (Å²) in [5.74, 6) is 0.0754. The number of furan rings is 1. The van der Waals surface area contributed by atoms with Gasteiger partial charge in [0.05, 0.1) is 5.56 Å². The van der Waals surface area contributed by atoms with Crippen molar-refractivity contribution in [1.29, 1.82) is 0 Å². The van der Waals surface area contributed by atoms with Crippen LogP contribution in [0, 0.1) is 0 Å². The average Bonchev–Trinajstić information content (AvgIpc) is 3.29. The lowest BCUT2D eigenvalue weighted by atomic mass is 10.1. The molecule has 0 fully saturated rings. The molecule has 0 amide bonds. The summed E-state index contributed by atoms with van der Waals surface area (Å²) < 4.78 is 49.3. The Morgan fingerprint density at radius 2 is 1.64 bits per heavy atom. The summed E-state index contributed by atoms with van der Waals surface area (Å²) >= 11 is 0. The zero-order valence-electron chi connectivity index (χ0n) is 14.2. The van der Waals surface area contributed by atoms with Gasteiger partial charge in [-0.15, -0.1) is 0 Å². The number of alkyl halides is 3. The van der Waals surface area contributed by atoms with Crippen LogP contribution in [0.4, 0.5) is 13.2 Å². The van der Waals surface area contributed by atoms with Gasteiger partial charge in [-0.1, -0.05) is 30.3 Å². The number of nitrogens with zero attached hydrogens (tertiary/aromatic N) is 1. The molecule has 140 valence electrons. The van der Waals surface area contributed by atoms with Crippen molar-refractivity contribution < 1.29 is 27.1 Å². The van der Waals surface area contributed by atoms with Gasteiger partial charge in [0.15, 0.2) is 5.70 Å². The molecule has 0 atom stereocenters. The molecule has 7 heteroatoms. The fourth-order valence-corrected chi connectivity index (χ4v) is 2.68. The number of carbonyl (C=O) groups is 1. The lowest BCUT2D eigenvalue weighted by molar-refractivity contribution is -0.137. The smallest absolute Gasteiger partial charge is 0.416 e. The van der Waals surface area contributed by atoms with Crippen molar-refractivity contribution in [3.8, 4) is 11.3 Å². The average molecular weight is 383 g/mol. The van der Waals surface area contributed by atoms with Crippen LogP contribution in [0.15, 0.2) is 81.8 Å². The van der Waals surface area contributed by atoms with E-state index in [1.54, 1.807) is 30.3 Å². The molecule has 2 heterocycles. The quantitative estimate of drug-likeness (QED) is 0.455. The van der Waals surface area contributed by atoms with E-state index in [0.717, 1.165) is 12.1 Å². The van der Waals surface area contributed by atoms with Crippen molar-refractivity contribution in [3.63, 3.8) is 0 Å². The highest BCUT2D eigenvalue weighted by atomic mass is 19.4. The molecule has 1 aliphatic heterocycles. The molecule has 0 saturated heterocycles. The first-order valence-corrected chi connectivity index (χ1v) is 8.25. The van der Waals surface area contributed by atoms with Crippen LogP contribution < -0.4 is 0 Å². The van der Waals surface area contributed by atoms with E-state index in [1.165, 1.54) is 24.3 Å². The fraction of sp³-hybridized carbons (Fsp3) is 0.0476. The lowest BCUT2D eigenvalue weighted by Gasteiger charge is -2.07. The van der Waals surface area contributed by atoms with Gasteiger partial charge in [0, 0.05) is 17.2 Å². The molecule has 0 unspecified atom stereocenters. The molecule has 0 bridgehead atoms. The molecule has 28 heavy (non-hydrogen) atoms. The Hall–Kier alpha value is -3.61. The summed E-state index contributed by atoms with van der Waals surface area (Å²) in [7, 11) is 0. The van der Waals surface area contributed by atoms with E-state index in [0.29, 0.717) is 5.56 Å². The summed E-state index contributed by atoms with van der Waals surface area (Å²) in [5, 5.41) is 0. The van der Waals surface area contributed by atoms with Gasteiger partial charge in [-0.3, -0.25) is 0 Å². The Balaban J connectivity index is 1.62. The second-order valence-electron chi connectivity index (χ2n) is 5.98. The highest BCUT2D eigenvalue weighted by molar-refractivity contribution is 6.12. The maximum Gasteiger partial charge on any atom is 0.416 e. The second-order valence-corrected chi connectivity index (χ2v) is 5.98. The number of aliphatic imine (C=N–C) groups is 1. The van der Waals surface area contributed by atoms with E-state index >= 15 is 0 Å². The van der Waals surface area contributed by atoms with Gasteiger partial charge in [0.1, 0.15) is 11.5 Å². The van der Waals surface area contributed by atoms with E-state index in [1.807, 2.05) is 6.07 Å².